The number of carbonyl (C=O) groups is 4. The first-order valence-corrected chi connectivity index (χ1v) is 15.2. The van der Waals surface area contributed by atoms with Gasteiger partial charge in [0.25, 0.3) is 0 Å². The molecule has 0 aliphatic heterocycles. The van der Waals surface area contributed by atoms with Crippen LogP contribution in [0.5, 0.6) is 0 Å². The number of hydrogen-bond acceptors (Lipinski definition) is 6. The van der Waals surface area contributed by atoms with Crippen molar-refractivity contribution in [3.05, 3.63) is 119 Å². The first kappa shape index (κ1) is 30.4. The zero-order valence-electron chi connectivity index (χ0n) is 22.4. The smallest absolute Gasteiger partial charge is 0.337 e. The molecule has 0 saturated carbocycles. The maximum absolute atomic E-state index is 12.5. The van der Waals surface area contributed by atoms with Crippen molar-refractivity contribution < 1.29 is 29.4 Å². The SMILES string of the molecule is O=C(CSCc1ccccc1)Nc1ccc(-c2ccc(NC(=O)CSCc3ccccc3)c(C(=O)O)c2)cc1C(=O)O. The Morgan fingerprint density at radius 3 is 1.29 bits per heavy atom. The van der Waals surface area contributed by atoms with E-state index in [1.165, 1.54) is 47.8 Å². The molecule has 0 aromatic heterocycles. The summed E-state index contributed by atoms with van der Waals surface area (Å²) in [5, 5.41) is 24.9. The second-order valence-electron chi connectivity index (χ2n) is 9.18. The van der Waals surface area contributed by atoms with Crippen molar-refractivity contribution in [3.8, 4) is 11.1 Å². The highest BCUT2D eigenvalue weighted by molar-refractivity contribution is 7.99. The molecule has 4 rings (SSSR count). The van der Waals surface area contributed by atoms with Crippen LogP contribution in [-0.4, -0.2) is 45.5 Å². The zero-order chi connectivity index (χ0) is 29.9. The topological polar surface area (TPSA) is 133 Å². The van der Waals surface area contributed by atoms with Crippen LogP contribution in [0.4, 0.5) is 11.4 Å². The van der Waals surface area contributed by atoms with E-state index in [9.17, 15) is 29.4 Å². The van der Waals surface area contributed by atoms with E-state index in [2.05, 4.69) is 10.6 Å². The van der Waals surface area contributed by atoms with E-state index < -0.39 is 11.9 Å². The Kier molecular flexibility index (Phi) is 10.8. The van der Waals surface area contributed by atoms with Crippen LogP contribution in [0.3, 0.4) is 0 Å². The van der Waals surface area contributed by atoms with E-state index in [1.807, 2.05) is 60.7 Å². The second kappa shape index (κ2) is 14.9. The zero-order valence-corrected chi connectivity index (χ0v) is 24.0. The number of carboxylic acid groups (broad SMARTS) is 2. The summed E-state index contributed by atoms with van der Waals surface area (Å²) in [6.45, 7) is 0. The summed E-state index contributed by atoms with van der Waals surface area (Å²) in [5.74, 6) is -1.55. The summed E-state index contributed by atoms with van der Waals surface area (Å²) in [7, 11) is 0. The van der Waals surface area contributed by atoms with E-state index >= 15 is 0 Å². The van der Waals surface area contributed by atoms with Gasteiger partial charge in [-0.25, -0.2) is 9.59 Å². The minimum atomic E-state index is -1.24. The summed E-state index contributed by atoms with van der Waals surface area (Å²) >= 11 is 2.83. The normalized spacial score (nSPS) is 10.6. The molecule has 4 aromatic carbocycles. The van der Waals surface area contributed by atoms with Crippen molar-refractivity contribution in [2.45, 2.75) is 11.5 Å². The van der Waals surface area contributed by atoms with E-state index in [0.717, 1.165) is 11.1 Å². The Morgan fingerprint density at radius 1 is 0.548 bits per heavy atom. The van der Waals surface area contributed by atoms with E-state index in [-0.39, 0.29) is 45.8 Å². The molecule has 214 valence electrons. The molecule has 0 aliphatic rings. The number of rotatable bonds is 13. The number of anilines is 2. The molecular formula is C32H28N2O6S2. The Morgan fingerprint density at radius 2 is 0.929 bits per heavy atom. The predicted molar refractivity (Wildman–Crippen MR) is 168 cm³/mol. The fourth-order valence-electron chi connectivity index (χ4n) is 4.06. The third-order valence-electron chi connectivity index (χ3n) is 6.07. The maximum atomic E-state index is 12.5. The van der Waals surface area contributed by atoms with Gasteiger partial charge in [-0.2, -0.15) is 0 Å². The molecule has 10 heteroatoms. The lowest BCUT2D eigenvalue weighted by molar-refractivity contribution is -0.114. The fourth-order valence-corrected chi connectivity index (χ4v) is 5.64. The van der Waals surface area contributed by atoms with Crippen molar-refractivity contribution in [1.29, 1.82) is 0 Å². The van der Waals surface area contributed by atoms with Gasteiger partial charge in [0.05, 0.1) is 34.0 Å². The third kappa shape index (κ3) is 8.73. The molecule has 0 spiro atoms. The summed E-state index contributed by atoms with van der Waals surface area (Å²) in [6.07, 6.45) is 0. The van der Waals surface area contributed by atoms with Gasteiger partial charge in [0.15, 0.2) is 0 Å². The largest absolute Gasteiger partial charge is 0.478 e. The molecule has 0 fully saturated rings. The molecule has 0 heterocycles. The highest BCUT2D eigenvalue weighted by Gasteiger charge is 2.17. The van der Waals surface area contributed by atoms with Gasteiger partial charge in [-0.15, -0.1) is 23.5 Å². The number of carboxylic acids is 2. The van der Waals surface area contributed by atoms with Gasteiger partial charge in [-0.05, 0) is 46.5 Å². The fraction of sp³-hybridized carbons (Fsp3) is 0.125. The molecule has 42 heavy (non-hydrogen) atoms. The second-order valence-corrected chi connectivity index (χ2v) is 11.2. The lowest BCUT2D eigenvalue weighted by Crippen LogP contribution is -2.17. The van der Waals surface area contributed by atoms with Crippen molar-refractivity contribution in [2.75, 3.05) is 22.1 Å². The monoisotopic (exact) mass is 600 g/mol. The Balaban J connectivity index is 1.42. The minimum Gasteiger partial charge on any atom is -0.478 e. The van der Waals surface area contributed by atoms with E-state index in [0.29, 0.717) is 22.6 Å². The van der Waals surface area contributed by atoms with Crippen molar-refractivity contribution in [1.82, 2.24) is 0 Å². The minimum absolute atomic E-state index is 0.126. The molecule has 0 atom stereocenters. The van der Waals surface area contributed by atoms with Crippen LogP contribution in [0.2, 0.25) is 0 Å². The van der Waals surface area contributed by atoms with E-state index in [1.54, 1.807) is 12.1 Å². The lowest BCUT2D eigenvalue weighted by Gasteiger charge is -2.13. The first-order valence-electron chi connectivity index (χ1n) is 12.9. The van der Waals surface area contributed by atoms with Crippen LogP contribution in [-0.2, 0) is 21.1 Å². The number of thioether (sulfide) groups is 2. The van der Waals surface area contributed by atoms with Crippen LogP contribution in [0.1, 0.15) is 31.8 Å². The van der Waals surface area contributed by atoms with Gasteiger partial charge in [0.1, 0.15) is 0 Å². The predicted octanol–water partition coefficient (Wildman–Crippen LogP) is 6.49. The number of benzene rings is 4. The number of aromatic carboxylic acids is 2. The van der Waals surface area contributed by atoms with Gasteiger partial charge in [0.2, 0.25) is 11.8 Å². The van der Waals surface area contributed by atoms with Crippen molar-refractivity contribution in [2.24, 2.45) is 0 Å². The lowest BCUT2D eigenvalue weighted by atomic mass is 9.99. The van der Waals surface area contributed by atoms with Crippen molar-refractivity contribution in [3.63, 3.8) is 0 Å². The van der Waals surface area contributed by atoms with Crippen LogP contribution in [0.25, 0.3) is 11.1 Å². The number of nitrogens with one attached hydrogen (secondary N) is 2. The number of hydrogen-bond donors (Lipinski definition) is 4. The van der Waals surface area contributed by atoms with Gasteiger partial charge in [-0.3, -0.25) is 9.59 Å². The summed E-state index contributed by atoms with van der Waals surface area (Å²) in [6, 6.07) is 28.4. The third-order valence-corrected chi connectivity index (χ3v) is 8.08. The summed E-state index contributed by atoms with van der Waals surface area (Å²) in [5.41, 5.74) is 3.10. The van der Waals surface area contributed by atoms with Crippen LogP contribution < -0.4 is 10.6 Å². The highest BCUT2D eigenvalue weighted by Crippen LogP contribution is 2.29. The quantitative estimate of drug-likeness (QED) is 0.137. The summed E-state index contributed by atoms with van der Waals surface area (Å²) < 4.78 is 0. The molecular weight excluding hydrogens is 572 g/mol. The number of amides is 2. The average molecular weight is 601 g/mol. The molecule has 0 bridgehead atoms. The van der Waals surface area contributed by atoms with E-state index in [4.69, 9.17) is 0 Å². The molecule has 0 aliphatic carbocycles. The molecule has 8 nitrogen and oxygen atoms in total. The van der Waals surface area contributed by atoms with Gasteiger partial charge >= 0.3 is 11.9 Å². The van der Waals surface area contributed by atoms with Crippen molar-refractivity contribution >= 4 is 58.7 Å². The maximum Gasteiger partial charge on any atom is 0.337 e. The molecule has 0 radical (unpaired) electrons. The Labute approximate surface area is 251 Å². The Hall–Kier alpha value is -4.54. The van der Waals surface area contributed by atoms with Gasteiger partial charge in [0, 0.05) is 11.5 Å². The average Bonchev–Trinajstić information content (AvgIpc) is 2.98. The van der Waals surface area contributed by atoms with Crippen LogP contribution >= 0.6 is 23.5 Å². The molecule has 0 unspecified atom stereocenters. The molecule has 4 N–H and O–H groups in total. The molecule has 0 saturated heterocycles. The van der Waals surface area contributed by atoms with Gasteiger partial charge < -0.3 is 20.8 Å². The summed E-state index contributed by atoms with van der Waals surface area (Å²) in [4.78, 5) is 49.0. The van der Waals surface area contributed by atoms with Crippen LogP contribution in [0.15, 0.2) is 97.1 Å². The van der Waals surface area contributed by atoms with Gasteiger partial charge in [-0.1, -0.05) is 72.8 Å². The molecule has 4 aromatic rings. The standard InChI is InChI=1S/C32H28N2O6S2/c35-29(19-41-17-21-7-3-1-4-8-21)33-27-13-11-23(15-25(27)31(37)38)24-12-14-28(26(16-24)32(39)40)34-30(36)20-42-18-22-9-5-2-6-10-22/h1-16H,17-20H2,(H,33,35)(H,34,36)(H,37,38)(H,39,40). The molecule has 2 amide bonds. The van der Waals surface area contributed by atoms with Crippen LogP contribution in [0, 0.1) is 0 Å². The first-order chi connectivity index (χ1) is 20.3. The Bertz CT molecular complexity index is 1460. The highest BCUT2D eigenvalue weighted by atomic mass is 32.2. The number of carbonyl (C=O) groups excluding carboxylic acids is 2.